The number of carbonyl (C=O) groups is 1. The van der Waals surface area contributed by atoms with E-state index in [4.69, 9.17) is 9.15 Å². The van der Waals surface area contributed by atoms with Crippen molar-refractivity contribution in [3.05, 3.63) is 53.5 Å². The van der Waals surface area contributed by atoms with Crippen LogP contribution in [0.2, 0.25) is 0 Å². The van der Waals surface area contributed by atoms with Gasteiger partial charge in [-0.2, -0.15) is 0 Å². The Morgan fingerprint density at radius 2 is 2.32 bits per heavy atom. The fourth-order valence-corrected chi connectivity index (χ4v) is 2.81. The molecule has 5 heteroatoms. The van der Waals surface area contributed by atoms with Crippen molar-refractivity contribution in [3.8, 4) is 5.75 Å². The highest BCUT2D eigenvalue weighted by Gasteiger charge is 2.23. The monoisotopic (exact) mass is 300 g/mol. The van der Waals surface area contributed by atoms with Crippen LogP contribution < -0.4 is 15.4 Å². The van der Waals surface area contributed by atoms with Gasteiger partial charge in [-0.15, -0.1) is 0 Å². The van der Waals surface area contributed by atoms with Crippen molar-refractivity contribution in [2.45, 2.75) is 31.8 Å². The molecule has 0 aliphatic heterocycles. The zero-order valence-corrected chi connectivity index (χ0v) is 12.6. The fraction of sp³-hybridized carbons (Fsp3) is 0.353. The first-order valence-corrected chi connectivity index (χ1v) is 7.50. The summed E-state index contributed by atoms with van der Waals surface area (Å²) in [6.45, 7) is 0.466. The average Bonchev–Trinajstić information content (AvgIpc) is 3.03. The van der Waals surface area contributed by atoms with Gasteiger partial charge < -0.3 is 19.8 Å². The summed E-state index contributed by atoms with van der Waals surface area (Å²) in [6.07, 6.45) is 4.62. The minimum atomic E-state index is -0.165. The van der Waals surface area contributed by atoms with Crippen LogP contribution in [0.5, 0.6) is 5.75 Å². The third kappa shape index (κ3) is 3.24. The first-order valence-electron chi connectivity index (χ1n) is 7.50. The van der Waals surface area contributed by atoms with E-state index >= 15 is 0 Å². The van der Waals surface area contributed by atoms with Gasteiger partial charge in [0.25, 0.3) is 0 Å². The zero-order chi connectivity index (χ0) is 15.4. The maximum Gasteiger partial charge on any atom is 0.315 e. The average molecular weight is 300 g/mol. The number of amides is 2. The Hall–Kier alpha value is -2.43. The number of fused-ring (bicyclic) bond motifs is 1. The van der Waals surface area contributed by atoms with Crippen molar-refractivity contribution in [1.29, 1.82) is 0 Å². The third-order valence-corrected chi connectivity index (χ3v) is 3.94. The molecule has 0 spiro atoms. The molecule has 0 radical (unpaired) electrons. The van der Waals surface area contributed by atoms with Crippen LogP contribution in [0.15, 0.2) is 41.0 Å². The summed E-state index contributed by atoms with van der Waals surface area (Å²) in [7, 11) is 1.63. The highest BCUT2D eigenvalue weighted by molar-refractivity contribution is 5.74. The molecule has 3 rings (SSSR count). The second-order valence-electron chi connectivity index (χ2n) is 5.42. The van der Waals surface area contributed by atoms with E-state index in [0.29, 0.717) is 6.54 Å². The largest absolute Gasteiger partial charge is 0.497 e. The SMILES string of the molecule is COc1cccc(CNC(=O)NC2CCCc3occc32)c1. The number of hydrogen-bond donors (Lipinski definition) is 2. The standard InChI is InChI=1S/C17H20N2O3/c1-21-13-5-2-4-12(10-13)11-18-17(20)19-15-6-3-7-16-14(15)8-9-22-16/h2,4-5,8-10,15H,3,6-7,11H2,1H3,(H2,18,19,20). The van der Waals surface area contributed by atoms with Crippen LogP contribution in [0.1, 0.15) is 35.8 Å². The number of rotatable bonds is 4. The van der Waals surface area contributed by atoms with Crippen molar-refractivity contribution in [2.24, 2.45) is 0 Å². The van der Waals surface area contributed by atoms with Gasteiger partial charge in [0, 0.05) is 18.5 Å². The van der Waals surface area contributed by atoms with Crippen LogP contribution in [0, 0.1) is 0 Å². The smallest absolute Gasteiger partial charge is 0.315 e. The van der Waals surface area contributed by atoms with Crippen LogP contribution >= 0.6 is 0 Å². The molecule has 1 unspecified atom stereocenters. The molecule has 116 valence electrons. The van der Waals surface area contributed by atoms with Crippen molar-refractivity contribution in [3.63, 3.8) is 0 Å². The topological polar surface area (TPSA) is 63.5 Å². The van der Waals surface area contributed by atoms with Gasteiger partial charge in [0.15, 0.2) is 0 Å². The molecule has 2 aromatic rings. The summed E-state index contributed by atoms with van der Waals surface area (Å²) in [5.41, 5.74) is 2.10. The maximum absolute atomic E-state index is 12.1. The van der Waals surface area contributed by atoms with E-state index in [1.807, 2.05) is 30.3 Å². The summed E-state index contributed by atoms with van der Waals surface area (Å²) in [5, 5.41) is 5.90. The van der Waals surface area contributed by atoms with Crippen LogP contribution in [0.3, 0.4) is 0 Å². The number of hydrogen-bond acceptors (Lipinski definition) is 3. The van der Waals surface area contributed by atoms with Gasteiger partial charge in [-0.3, -0.25) is 0 Å². The summed E-state index contributed by atoms with van der Waals surface area (Å²) in [6, 6.07) is 9.47. The van der Waals surface area contributed by atoms with Crippen molar-refractivity contribution in [2.75, 3.05) is 7.11 Å². The highest BCUT2D eigenvalue weighted by Crippen LogP contribution is 2.30. The lowest BCUT2D eigenvalue weighted by Gasteiger charge is -2.22. The minimum Gasteiger partial charge on any atom is -0.497 e. The van der Waals surface area contributed by atoms with Gasteiger partial charge >= 0.3 is 6.03 Å². The molecule has 0 saturated carbocycles. The number of carbonyl (C=O) groups excluding carboxylic acids is 1. The van der Waals surface area contributed by atoms with Gasteiger partial charge in [-0.05, 0) is 36.6 Å². The molecule has 2 amide bonds. The van der Waals surface area contributed by atoms with E-state index < -0.39 is 0 Å². The lowest BCUT2D eigenvalue weighted by molar-refractivity contribution is 0.234. The molecule has 1 heterocycles. The van der Waals surface area contributed by atoms with Gasteiger partial charge in [-0.25, -0.2) is 4.79 Å². The molecule has 0 fully saturated rings. The predicted molar refractivity (Wildman–Crippen MR) is 82.8 cm³/mol. The van der Waals surface area contributed by atoms with Crippen molar-refractivity contribution in [1.82, 2.24) is 10.6 Å². The molecule has 1 atom stereocenters. The Morgan fingerprint density at radius 1 is 1.41 bits per heavy atom. The lowest BCUT2D eigenvalue weighted by atomic mass is 9.93. The lowest BCUT2D eigenvalue weighted by Crippen LogP contribution is -2.38. The molecule has 1 aromatic carbocycles. The number of ether oxygens (including phenoxy) is 1. The number of nitrogens with one attached hydrogen (secondary N) is 2. The Labute approximate surface area is 129 Å². The highest BCUT2D eigenvalue weighted by atomic mass is 16.5. The van der Waals surface area contributed by atoms with E-state index in [1.54, 1.807) is 13.4 Å². The Balaban J connectivity index is 1.55. The maximum atomic E-state index is 12.1. The molecular formula is C17H20N2O3. The van der Waals surface area contributed by atoms with E-state index in [-0.39, 0.29) is 12.1 Å². The van der Waals surface area contributed by atoms with Gasteiger partial charge in [0.1, 0.15) is 11.5 Å². The molecule has 1 aliphatic carbocycles. The Morgan fingerprint density at radius 3 is 3.18 bits per heavy atom. The second kappa shape index (κ2) is 6.56. The molecule has 0 bridgehead atoms. The first kappa shape index (κ1) is 14.5. The number of aryl methyl sites for hydroxylation is 1. The summed E-state index contributed by atoms with van der Waals surface area (Å²) >= 11 is 0. The van der Waals surface area contributed by atoms with Gasteiger partial charge in [-0.1, -0.05) is 12.1 Å². The van der Waals surface area contributed by atoms with Crippen molar-refractivity contribution < 1.29 is 13.9 Å². The molecule has 22 heavy (non-hydrogen) atoms. The third-order valence-electron chi connectivity index (χ3n) is 3.94. The van der Waals surface area contributed by atoms with Crippen LogP contribution in [-0.2, 0) is 13.0 Å². The van der Waals surface area contributed by atoms with E-state index in [1.165, 1.54) is 0 Å². The number of furan rings is 1. The quantitative estimate of drug-likeness (QED) is 0.911. The minimum absolute atomic E-state index is 0.0350. The molecule has 0 saturated heterocycles. The van der Waals surface area contributed by atoms with Crippen molar-refractivity contribution >= 4 is 6.03 Å². The molecule has 5 nitrogen and oxygen atoms in total. The van der Waals surface area contributed by atoms with E-state index in [9.17, 15) is 4.79 Å². The van der Waals surface area contributed by atoms with Crippen LogP contribution in [-0.4, -0.2) is 13.1 Å². The summed E-state index contributed by atoms with van der Waals surface area (Å²) in [5.74, 6) is 1.78. The Bertz CT molecular complexity index is 651. The van der Waals surface area contributed by atoms with E-state index in [0.717, 1.165) is 41.9 Å². The predicted octanol–water partition coefficient (Wildman–Crippen LogP) is 3.17. The molecule has 1 aliphatic rings. The van der Waals surface area contributed by atoms with E-state index in [2.05, 4.69) is 10.6 Å². The number of benzene rings is 1. The zero-order valence-electron chi connectivity index (χ0n) is 12.6. The first-order chi connectivity index (χ1) is 10.8. The Kier molecular flexibility index (Phi) is 4.32. The summed E-state index contributed by atoms with van der Waals surface area (Å²) < 4.78 is 10.6. The molecule has 2 N–H and O–H groups in total. The van der Waals surface area contributed by atoms with Gasteiger partial charge in [0.05, 0.1) is 19.4 Å². The number of urea groups is 1. The molecule has 1 aromatic heterocycles. The summed E-state index contributed by atoms with van der Waals surface area (Å²) in [4.78, 5) is 12.1. The number of methoxy groups -OCH3 is 1. The van der Waals surface area contributed by atoms with Gasteiger partial charge in [0.2, 0.25) is 0 Å². The molecular weight excluding hydrogens is 280 g/mol. The van der Waals surface area contributed by atoms with Crippen LogP contribution in [0.25, 0.3) is 0 Å². The fourth-order valence-electron chi connectivity index (χ4n) is 2.81. The normalized spacial score (nSPS) is 16.7. The van der Waals surface area contributed by atoms with Crippen LogP contribution in [0.4, 0.5) is 4.79 Å². The second-order valence-corrected chi connectivity index (χ2v) is 5.42.